The number of amides is 1. The number of anilines is 1. The van der Waals surface area contributed by atoms with Gasteiger partial charge in [0.2, 0.25) is 5.91 Å². The molecule has 1 amide bonds. The number of hydrogen-bond donors (Lipinski definition) is 1. The van der Waals surface area contributed by atoms with Crippen molar-refractivity contribution in [3.8, 4) is 11.5 Å². The summed E-state index contributed by atoms with van der Waals surface area (Å²) in [6.45, 7) is 4.20. The van der Waals surface area contributed by atoms with Crippen molar-refractivity contribution in [3.63, 3.8) is 0 Å². The third kappa shape index (κ3) is 5.83. The Kier molecular flexibility index (Phi) is 6.29. The van der Waals surface area contributed by atoms with Crippen LogP contribution in [0, 0.1) is 0 Å². The normalized spacial score (nSPS) is 10.4. The van der Waals surface area contributed by atoms with Gasteiger partial charge in [0, 0.05) is 5.69 Å². The van der Waals surface area contributed by atoms with Gasteiger partial charge in [-0.05, 0) is 50.2 Å². The molecule has 2 rings (SSSR count). The molecule has 5 heteroatoms. The lowest BCUT2D eigenvalue weighted by atomic mass is 10.3. The van der Waals surface area contributed by atoms with Gasteiger partial charge in [-0.1, -0.05) is 23.7 Å². The van der Waals surface area contributed by atoms with Gasteiger partial charge in [-0.25, -0.2) is 0 Å². The Bertz CT molecular complexity index is 641. The highest BCUT2D eigenvalue weighted by Gasteiger charge is 2.05. The Hall–Kier alpha value is -2.20. The number of rotatable bonds is 7. The molecule has 0 radical (unpaired) electrons. The molecule has 4 nitrogen and oxygen atoms in total. The molecule has 0 spiro atoms. The summed E-state index contributed by atoms with van der Waals surface area (Å²) in [5.41, 5.74) is 0.726. The summed E-state index contributed by atoms with van der Waals surface area (Å²) in [6, 6.07) is 14.5. The van der Waals surface area contributed by atoms with Crippen molar-refractivity contribution >= 4 is 23.2 Å². The van der Waals surface area contributed by atoms with Gasteiger partial charge in [0.15, 0.2) is 0 Å². The topological polar surface area (TPSA) is 47.6 Å². The highest BCUT2D eigenvalue weighted by Crippen LogP contribution is 2.23. The SMILES string of the molecule is CC(C)Oc1ccc(NC(=O)CCOc2ccccc2Cl)cc1. The number of carbonyl (C=O) groups excluding carboxylic acids is 1. The van der Waals surface area contributed by atoms with E-state index in [1.165, 1.54) is 0 Å². The fraction of sp³-hybridized carbons (Fsp3) is 0.278. The maximum atomic E-state index is 11.9. The molecule has 122 valence electrons. The number of halogens is 1. The minimum absolute atomic E-state index is 0.116. The van der Waals surface area contributed by atoms with E-state index in [1.54, 1.807) is 12.1 Å². The second-order valence-corrected chi connectivity index (χ2v) is 5.68. The van der Waals surface area contributed by atoms with E-state index in [0.29, 0.717) is 10.8 Å². The van der Waals surface area contributed by atoms with Crippen LogP contribution in [0.3, 0.4) is 0 Å². The first-order valence-electron chi connectivity index (χ1n) is 7.48. The third-order valence-electron chi connectivity index (χ3n) is 2.93. The molecule has 1 N–H and O–H groups in total. The van der Waals surface area contributed by atoms with Crippen LogP contribution in [0.4, 0.5) is 5.69 Å². The van der Waals surface area contributed by atoms with Crippen LogP contribution < -0.4 is 14.8 Å². The van der Waals surface area contributed by atoms with Crippen LogP contribution in [0.1, 0.15) is 20.3 Å². The second kappa shape index (κ2) is 8.44. The Labute approximate surface area is 141 Å². The van der Waals surface area contributed by atoms with Crippen molar-refractivity contribution in [2.24, 2.45) is 0 Å². The van der Waals surface area contributed by atoms with Crippen LogP contribution in [0.5, 0.6) is 11.5 Å². The number of ether oxygens (including phenoxy) is 2. The zero-order valence-electron chi connectivity index (χ0n) is 13.2. The lowest BCUT2D eigenvalue weighted by Crippen LogP contribution is -2.15. The molecule has 0 unspecified atom stereocenters. The number of hydrogen-bond acceptors (Lipinski definition) is 3. The molecule has 2 aromatic rings. The molecule has 0 atom stereocenters. The molecule has 0 bridgehead atoms. The fourth-order valence-electron chi connectivity index (χ4n) is 1.93. The van der Waals surface area contributed by atoms with Crippen LogP contribution in [0.2, 0.25) is 5.02 Å². The highest BCUT2D eigenvalue weighted by molar-refractivity contribution is 6.32. The van der Waals surface area contributed by atoms with E-state index in [4.69, 9.17) is 21.1 Å². The zero-order valence-corrected chi connectivity index (χ0v) is 14.0. The smallest absolute Gasteiger partial charge is 0.227 e. The maximum Gasteiger partial charge on any atom is 0.227 e. The molecular formula is C18H20ClNO3. The Balaban J connectivity index is 1.77. The van der Waals surface area contributed by atoms with Crippen LogP contribution in [0.15, 0.2) is 48.5 Å². The van der Waals surface area contributed by atoms with E-state index >= 15 is 0 Å². The Morgan fingerprint density at radius 1 is 1.13 bits per heavy atom. The lowest BCUT2D eigenvalue weighted by molar-refractivity contribution is -0.116. The van der Waals surface area contributed by atoms with Crippen LogP contribution in [-0.2, 0) is 4.79 Å². The van der Waals surface area contributed by atoms with Crippen LogP contribution in [-0.4, -0.2) is 18.6 Å². The average Bonchev–Trinajstić information content (AvgIpc) is 2.51. The Morgan fingerprint density at radius 3 is 2.48 bits per heavy atom. The fourth-order valence-corrected chi connectivity index (χ4v) is 2.12. The molecule has 0 saturated heterocycles. The molecule has 0 aliphatic heterocycles. The van der Waals surface area contributed by atoms with Crippen molar-refractivity contribution in [1.29, 1.82) is 0 Å². The van der Waals surface area contributed by atoms with Gasteiger partial charge in [0.05, 0.1) is 24.2 Å². The monoisotopic (exact) mass is 333 g/mol. The Morgan fingerprint density at radius 2 is 1.83 bits per heavy atom. The largest absolute Gasteiger partial charge is 0.491 e. The van der Waals surface area contributed by atoms with Crippen molar-refractivity contribution in [1.82, 2.24) is 0 Å². The maximum absolute atomic E-state index is 11.9. The number of benzene rings is 2. The molecule has 0 fully saturated rings. The van der Waals surface area contributed by atoms with E-state index in [1.807, 2.05) is 50.2 Å². The van der Waals surface area contributed by atoms with Gasteiger partial charge in [-0.2, -0.15) is 0 Å². The molecule has 23 heavy (non-hydrogen) atoms. The van der Waals surface area contributed by atoms with Crippen molar-refractivity contribution in [3.05, 3.63) is 53.6 Å². The van der Waals surface area contributed by atoms with Crippen molar-refractivity contribution in [2.45, 2.75) is 26.4 Å². The number of para-hydroxylation sites is 1. The minimum atomic E-state index is -0.116. The lowest BCUT2D eigenvalue weighted by Gasteiger charge is -2.11. The summed E-state index contributed by atoms with van der Waals surface area (Å²) in [6.07, 6.45) is 0.368. The van der Waals surface area contributed by atoms with E-state index in [-0.39, 0.29) is 25.0 Å². The summed E-state index contributed by atoms with van der Waals surface area (Å²) in [5, 5.41) is 3.35. The third-order valence-corrected chi connectivity index (χ3v) is 3.25. The molecule has 0 heterocycles. The van der Waals surface area contributed by atoms with E-state index in [2.05, 4.69) is 5.32 Å². The number of carbonyl (C=O) groups is 1. The first-order valence-corrected chi connectivity index (χ1v) is 7.86. The predicted molar refractivity (Wildman–Crippen MR) is 92.4 cm³/mol. The molecule has 2 aromatic carbocycles. The standard InChI is InChI=1S/C18H20ClNO3/c1-13(2)23-15-9-7-14(8-10-15)20-18(21)11-12-22-17-6-4-3-5-16(17)19/h3-10,13H,11-12H2,1-2H3,(H,20,21). The molecule has 0 saturated carbocycles. The van der Waals surface area contributed by atoms with Gasteiger partial charge in [-0.15, -0.1) is 0 Å². The summed E-state index contributed by atoms with van der Waals surface area (Å²) in [4.78, 5) is 11.9. The van der Waals surface area contributed by atoms with Gasteiger partial charge in [-0.3, -0.25) is 4.79 Å². The predicted octanol–water partition coefficient (Wildman–Crippen LogP) is 4.53. The number of nitrogens with one attached hydrogen (secondary N) is 1. The summed E-state index contributed by atoms with van der Waals surface area (Å²) in [5.74, 6) is 1.24. The highest BCUT2D eigenvalue weighted by atomic mass is 35.5. The van der Waals surface area contributed by atoms with Crippen LogP contribution in [0.25, 0.3) is 0 Å². The zero-order chi connectivity index (χ0) is 16.7. The molecule has 0 aromatic heterocycles. The first kappa shape index (κ1) is 17.2. The summed E-state index contributed by atoms with van der Waals surface area (Å²) >= 11 is 5.98. The summed E-state index contributed by atoms with van der Waals surface area (Å²) < 4.78 is 11.0. The van der Waals surface area contributed by atoms with E-state index < -0.39 is 0 Å². The van der Waals surface area contributed by atoms with Gasteiger partial charge in [0.1, 0.15) is 11.5 Å². The minimum Gasteiger partial charge on any atom is -0.491 e. The van der Waals surface area contributed by atoms with Crippen LogP contribution >= 0.6 is 11.6 Å². The second-order valence-electron chi connectivity index (χ2n) is 5.27. The summed E-state index contributed by atoms with van der Waals surface area (Å²) in [7, 11) is 0. The van der Waals surface area contributed by atoms with E-state index in [0.717, 1.165) is 11.4 Å². The van der Waals surface area contributed by atoms with Crippen molar-refractivity contribution in [2.75, 3.05) is 11.9 Å². The van der Waals surface area contributed by atoms with E-state index in [9.17, 15) is 4.79 Å². The molecule has 0 aliphatic rings. The van der Waals surface area contributed by atoms with Gasteiger partial charge in [0.25, 0.3) is 0 Å². The molecule has 0 aliphatic carbocycles. The van der Waals surface area contributed by atoms with Crippen molar-refractivity contribution < 1.29 is 14.3 Å². The molecular weight excluding hydrogens is 314 g/mol. The quantitative estimate of drug-likeness (QED) is 0.809. The first-order chi connectivity index (χ1) is 11.0. The average molecular weight is 334 g/mol. The van der Waals surface area contributed by atoms with Gasteiger partial charge >= 0.3 is 0 Å². The van der Waals surface area contributed by atoms with Gasteiger partial charge < -0.3 is 14.8 Å².